The van der Waals surface area contributed by atoms with E-state index >= 15 is 0 Å². The van der Waals surface area contributed by atoms with E-state index in [4.69, 9.17) is 0 Å². The average molecular weight is 286 g/mol. The molecule has 1 heterocycles. The lowest BCUT2D eigenvalue weighted by molar-refractivity contribution is 0.321. The van der Waals surface area contributed by atoms with Crippen LogP contribution in [0.25, 0.3) is 0 Å². The van der Waals surface area contributed by atoms with Crippen LogP contribution in [0.5, 0.6) is 0 Å². The van der Waals surface area contributed by atoms with Crippen LogP contribution in [0.3, 0.4) is 0 Å². The lowest BCUT2D eigenvalue weighted by Gasteiger charge is -2.34. The molecule has 3 heteroatoms. The minimum Gasteiger partial charge on any atom is -0.310 e. The molecule has 1 aliphatic carbocycles. The van der Waals surface area contributed by atoms with E-state index in [0.29, 0.717) is 12.0 Å². The molecule has 0 saturated heterocycles. The van der Waals surface area contributed by atoms with Crippen molar-refractivity contribution in [3.05, 3.63) is 51.5 Å². The monoisotopic (exact) mass is 286 g/mol. The van der Waals surface area contributed by atoms with Crippen molar-refractivity contribution in [1.82, 2.24) is 10.3 Å². The van der Waals surface area contributed by atoms with Gasteiger partial charge >= 0.3 is 0 Å². The smallest absolute Gasteiger partial charge is 0.0897 e. The molecular formula is C17H22N2S. The molecule has 0 spiro atoms. The topological polar surface area (TPSA) is 24.9 Å². The molecule has 0 fully saturated rings. The van der Waals surface area contributed by atoms with Crippen LogP contribution in [0.15, 0.2) is 29.6 Å². The van der Waals surface area contributed by atoms with Crippen molar-refractivity contribution in [2.45, 2.75) is 39.2 Å². The van der Waals surface area contributed by atoms with Crippen LogP contribution in [0.2, 0.25) is 0 Å². The standard InChI is InChI=1S/C17H22N2S/c1-3-18-17-14(10-15-11-20-12(2)19-15)9-8-13-6-4-5-7-16(13)17/h4-7,11,14,17-18H,3,8-10H2,1-2H3. The Kier molecular flexibility index (Phi) is 4.18. The third-order valence-corrected chi connectivity index (χ3v) is 5.03. The Hall–Kier alpha value is -1.19. The van der Waals surface area contributed by atoms with Gasteiger partial charge in [0.15, 0.2) is 0 Å². The molecule has 0 amide bonds. The minimum atomic E-state index is 0.479. The van der Waals surface area contributed by atoms with Gasteiger partial charge in [-0.15, -0.1) is 11.3 Å². The molecule has 2 atom stereocenters. The predicted molar refractivity (Wildman–Crippen MR) is 85.2 cm³/mol. The summed E-state index contributed by atoms with van der Waals surface area (Å²) in [5.74, 6) is 0.659. The summed E-state index contributed by atoms with van der Waals surface area (Å²) < 4.78 is 0. The van der Waals surface area contributed by atoms with E-state index in [0.717, 1.165) is 13.0 Å². The number of aryl methyl sites for hydroxylation is 2. The lowest BCUT2D eigenvalue weighted by atomic mass is 9.77. The number of benzene rings is 1. The highest BCUT2D eigenvalue weighted by Crippen LogP contribution is 2.36. The number of nitrogens with zero attached hydrogens (tertiary/aromatic N) is 1. The summed E-state index contributed by atoms with van der Waals surface area (Å²) in [4.78, 5) is 4.65. The Labute approximate surface area is 125 Å². The van der Waals surface area contributed by atoms with Crippen LogP contribution in [0.1, 0.15) is 41.2 Å². The summed E-state index contributed by atoms with van der Waals surface area (Å²) in [7, 11) is 0. The van der Waals surface area contributed by atoms with Crippen molar-refractivity contribution in [3.8, 4) is 0 Å². The zero-order valence-electron chi connectivity index (χ0n) is 12.2. The fourth-order valence-electron chi connectivity index (χ4n) is 3.31. The second kappa shape index (κ2) is 6.06. The van der Waals surface area contributed by atoms with Gasteiger partial charge in [-0.2, -0.15) is 0 Å². The van der Waals surface area contributed by atoms with Gasteiger partial charge < -0.3 is 5.32 Å². The number of rotatable bonds is 4. The third-order valence-electron chi connectivity index (χ3n) is 4.21. The fraction of sp³-hybridized carbons (Fsp3) is 0.471. The molecule has 1 aromatic heterocycles. The Morgan fingerprint density at radius 2 is 2.20 bits per heavy atom. The average Bonchev–Trinajstić information content (AvgIpc) is 2.87. The van der Waals surface area contributed by atoms with Gasteiger partial charge in [-0.1, -0.05) is 31.2 Å². The van der Waals surface area contributed by atoms with Gasteiger partial charge in [0.05, 0.1) is 10.7 Å². The molecule has 106 valence electrons. The number of nitrogens with one attached hydrogen (secondary N) is 1. The van der Waals surface area contributed by atoms with Crippen LogP contribution >= 0.6 is 11.3 Å². The normalized spacial score (nSPS) is 21.7. The third kappa shape index (κ3) is 2.79. The highest BCUT2D eigenvalue weighted by Gasteiger charge is 2.29. The van der Waals surface area contributed by atoms with E-state index in [1.165, 1.54) is 34.7 Å². The number of hydrogen-bond donors (Lipinski definition) is 1. The van der Waals surface area contributed by atoms with E-state index in [9.17, 15) is 0 Å². The number of thiazole rings is 1. The van der Waals surface area contributed by atoms with Crippen LogP contribution < -0.4 is 5.32 Å². The quantitative estimate of drug-likeness (QED) is 0.922. The molecule has 0 aliphatic heterocycles. The molecule has 1 aromatic carbocycles. The highest BCUT2D eigenvalue weighted by atomic mass is 32.1. The van der Waals surface area contributed by atoms with E-state index in [1.807, 2.05) is 0 Å². The van der Waals surface area contributed by atoms with Crippen molar-refractivity contribution < 1.29 is 0 Å². The van der Waals surface area contributed by atoms with Crippen LogP contribution in [0.4, 0.5) is 0 Å². The summed E-state index contributed by atoms with van der Waals surface area (Å²) >= 11 is 1.76. The molecule has 2 nitrogen and oxygen atoms in total. The zero-order chi connectivity index (χ0) is 13.9. The Bertz CT molecular complexity index is 576. The van der Waals surface area contributed by atoms with E-state index in [2.05, 4.69) is 53.8 Å². The first kappa shape index (κ1) is 13.8. The molecule has 1 aliphatic rings. The molecule has 1 N–H and O–H groups in total. The Balaban J connectivity index is 1.84. The maximum Gasteiger partial charge on any atom is 0.0897 e. The zero-order valence-corrected chi connectivity index (χ0v) is 13.0. The fourth-order valence-corrected chi connectivity index (χ4v) is 3.94. The number of aromatic nitrogens is 1. The maximum atomic E-state index is 4.65. The van der Waals surface area contributed by atoms with Gasteiger partial charge in [0.1, 0.15) is 0 Å². The maximum absolute atomic E-state index is 4.65. The largest absolute Gasteiger partial charge is 0.310 e. The molecule has 20 heavy (non-hydrogen) atoms. The van der Waals surface area contributed by atoms with Gasteiger partial charge in [0.25, 0.3) is 0 Å². The Morgan fingerprint density at radius 3 is 2.95 bits per heavy atom. The van der Waals surface area contributed by atoms with Crippen LogP contribution in [-0.2, 0) is 12.8 Å². The van der Waals surface area contributed by atoms with E-state index in [1.54, 1.807) is 11.3 Å². The van der Waals surface area contributed by atoms with Gasteiger partial charge in [-0.3, -0.25) is 0 Å². The summed E-state index contributed by atoms with van der Waals surface area (Å²) in [5, 5.41) is 7.09. The summed E-state index contributed by atoms with van der Waals surface area (Å²) in [5.41, 5.74) is 4.28. The molecule has 0 saturated carbocycles. The van der Waals surface area contributed by atoms with Crippen LogP contribution in [0, 0.1) is 12.8 Å². The van der Waals surface area contributed by atoms with Gasteiger partial charge in [0, 0.05) is 11.4 Å². The van der Waals surface area contributed by atoms with E-state index in [-0.39, 0.29) is 0 Å². The van der Waals surface area contributed by atoms with Crippen molar-refractivity contribution >= 4 is 11.3 Å². The van der Waals surface area contributed by atoms with Gasteiger partial charge in [-0.25, -0.2) is 4.98 Å². The SMILES string of the molecule is CCNC1c2ccccc2CCC1Cc1csc(C)n1. The molecule has 0 radical (unpaired) electrons. The molecule has 2 unspecified atom stereocenters. The molecule has 0 bridgehead atoms. The summed E-state index contributed by atoms with van der Waals surface area (Å²) in [6, 6.07) is 9.38. The second-order valence-corrected chi connectivity index (χ2v) is 6.66. The van der Waals surface area contributed by atoms with Crippen molar-refractivity contribution in [2.75, 3.05) is 6.54 Å². The highest BCUT2D eigenvalue weighted by molar-refractivity contribution is 7.09. The Morgan fingerprint density at radius 1 is 1.35 bits per heavy atom. The number of fused-ring (bicyclic) bond motifs is 1. The number of hydrogen-bond acceptors (Lipinski definition) is 3. The van der Waals surface area contributed by atoms with Crippen molar-refractivity contribution in [3.63, 3.8) is 0 Å². The van der Waals surface area contributed by atoms with Crippen molar-refractivity contribution in [1.29, 1.82) is 0 Å². The molecular weight excluding hydrogens is 264 g/mol. The van der Waals surface area contributed by atoms with Crippen molar-refractivity contribution in [2.24, 2.45) is 5.92 Å². The van der Waals surface area contributed by atoms with Gasteiger partial charge in [0.2, 0.25) is 0 Å². The summed E-state index contributed by atoms with van der Waals surface area (Å²) in [6.07, 6.45) is 3.55. The second-order valence-electron chi connectivity index (χ2n) is 5.59. The first-order chi connectivity index (χ1) is 9.78. The van der Waals surface area contributed by atoms with E-state index < -0.39 is 0 Å². The lowest BCUT2D eigenvalue weighted by Crippen LogP contribution is -2.33. The molecule has 2 aromatic rings. The first-order valence-corrected chi connectivity index (χ1v) is 8.38. The van der Waals surface area contributed by atoms with Gasteiger partial charge in [-0.05, 0) is 49.8 Å². The summed E-state index contributed by atoms with van der Waals surface area (Å²) in [6.45, 7) is 5.30. The predicted octanol–water partition coefficient (Wildman–Crippen LogP) is 3.91. The minimum absolute atomic E-state index is 0.479. The molecule has 3 rings (SSSR count). The van der Waals surface area contributed by atoms with Crippen LogP contribution in [-0.4, -0.2) is 11.5 Å². The first-order valence-electron chi connectivity index (χ1n) is 7.50.